The van der Waals surface area contributed by atoms with Gasteiger partial charge in [0.05, 0.1) is 19.9 Å². The van der Waals surface area contributed by atoms with E-state index in [1.54, 1.807) is 13.3 Å². The molecule has 2 aromatic rings. The van der Waals surface area contributed by atoms with Gasteiger partial charge in [0.1, 0.15) is 5.75 Å². The Hall–Kier alpha value is -2.34. The number of hydrogen-bond acceptors (Lipinski definition) is 4. The molecule has 0 radical (unpaired) electrons. The Labute approximate surface area is 137 Å². The number of benzene rings is 2. The van der Waals surface area contributed by atoms with Crippen molar-refractivity contribution in [1.82, 2.24) is 5.43 Å². The fourth-order valence-corrected chi connectivity index (χ4v) is 1.92. The first-order chi connectivity index (χ1) is 10.7. The lowest BCUT2D eigenvalue weighted by molar-refractivity contribution is -0.119. The Morgan fingerprint density at radius 1 is 1.18 bits per heavy atom. The van der Waals surface area contributed by atoms with E-state index in [2.05, 4.69) is 31.8 Å². The van der Waals surface area contributed by atoms with Gasteiger partial charge in [0.2, 0.25) is 0 Å². The molecule has 0 aliphatic heterocycles. The first kappa shape index (κ1) is 16.0. The van der Waals surface area contributed by atoms with Gasteiger partial charge in [0.25, 0.3) is 5.91 Å². The molecule has 2 rings (SSSR count). The molecule has 22 heavy (non-hydrogen) atoms. The summed E-state index contributed by atoms with van der Waals surface area (Å²) in [6.07, 6.45) is 1.59. The summed E-state index contributed by atoms with van der Waals surface area (Å²) in [5.41, 5.74) is 4.22. The highest BCUT2D eigenvalue weighted by atomic mass is 79.9. The number of carbonyl (C=O) groups excluding carboxylic acids is 1. The number of anilines is 1. The third-order valence-electron chi connectivity index (χ3n) is 2.82. The van der Waals surface area contributed by atoms with Gasteiger partial charge in [-0.25, -0.2) is 5.43 Å². The summed E-state index contributed by atoms with van der Waals surface area (Å²) in [7, 11) is 1.61. The summed E-state index contributed by atoms with van der Waals surface area (Å²) in [6.45, 7) is 0.143. The number of methoxy groups -OCH3 is 1. The van der Waals surface area contributed by atoms with E-state index in [-0.39, 0.29) is 12.5 Å². The zero-order chi connectivity index (χ0) is 15.8. The Morgan fingerprint density at radius 3 is 2.50 bits per heavy atom. The molecule has 1 amide bonds. The Balaban J connectivity index is 1.76. The maximum Gasteiger partial charge on any atom is 0.259 e. The zero-order valence-electron chi connectivity index (χ0n) is 12.0. The second-order valence-corrected chi connectivity index (χ2v) is 5.34. The molecule has 2 aromatic carbocycles. The summed E-state index contributed by atoms with van der Waals surface area (Å²) < 4.78 is 6.07. The van der Waals surface area contributed by atoms with Crippen LogP contribution in [0.2, 0.25) is 0 Å². The van der Waals surface area contributed by atoms with Crippen LogP contribution in [0.1, 0.15) is 5.56 Å². The van der Waals surface area contributed by atoms with Gasteiger partial charge in [0, 0.05) is 10.2 Å². The molecule has 0 aliphatic rings. The van der Waals surface area contributed by atoms with Crippen molar-refractivity contribution in [2.24, 2.45) is 5.10 Å². The van der Waals surface area contributed by atoms with Gasteiger partial charge < -0.3 is 10.1 Å². The van der Waals surface area contributed by atoms with Gasteiger partial charge >= 0.3 is 0 Å². The number of nitrogens with one attached hydrogen (secondary N) is 2. The highest BCUT2D eigenvalue weighted by Crippen LogP contribution is 2.14. The summed E-state index contributed by atoms with van der Waals surface area (Å²) >= 11 is 3.36. The van der Waals surface area contributed by atoms with Crippen LogP contribution in [0, 0.1) is 0 Å². The van der Waals surface area contributed by atoms with Crippen molar-refractivity contribution in [2.45, 2.75) is 0 Å². The van der Waals surface area contributed by atoms with Crippen molar-refractivity contribution < 1.29 is 9.53 Å². The number of carbonyl (C=O) groups is 1. The normalized spacial score (nSPS) is 10.5. The molecule has 0 aliphatic carbocycles. The standard InChI is InChI=1S/C16H16BrN3O2/c1-22-15-8-6-14(7-9-15)18-11-16(21)20-19-10-12-2-4-13(17)5-3-12/h2-10,18H,11H2,1H3,(H,20,21)/b19-10-. The molecule has 0 saturated carbocycles. The monoisotopic (exact) mass is 361 g/mol. The molecule has 2 N–H and O–H groups in total. The number of rotatable bonds is 6. The maximum atomic E-state index is 11.7. The van der Waals surface area contributed by atoms with Crippen LogP contribution in [0.25, 0.3) is 0 Å². The number of ether oxygens (including phenoxy) is 1. The van der Waals surface area contributed by atoms with Crippen LogP contribution in [0.5, 0.6) is 5.75 Å². The molecule has 0 atom stereocenters. The number of halogens is 1. The minimum atomic E-state index is -0.218. The first-order valence-corrected chi connectivity index (χ1v) is 7.42. The number of hydrazone groups is 1. The van der Waals surface area contributed by atoms with Gasteiger partial charge in [-0.05, 0) is 42.0 Å². The van der Waals surface area contributed by atoms with E-state index in [1.807, 2.05) is 48.5 Å². The van der Waals surface area contributed by atoms with Crippen molar-refractivity contribution >= 4 is 33.7 Å². The van der Waals surface area contributed by atoms with Crippen molar-refractivity contribution in [3.63, 3.8) is 0 Å². The quantitative estimate of drug-likeness (QED) is 0.613. The van der Waals surface area contributed by atoms with E-state index in [0.717, 1.165) is 21.5 Å². The largest absolute Gasteiger partial charge is 0.497 e. The molecule has 114 valence electrons. The van der Waals surface area contributed by atoms with Gasteiger partial charge in [0.15, 0.2) is 0 Å². The lowest BCUT2D eigenvalue weighted by Gasteiger charge is -2.06. The van der Waals surface area contributed by atoms with Crippen molar-refractivity contribution in [3.05, 3.63) is 58.6 Å². The summed E-state index contributed by atoms with van der Waals surface area (Å²) in [4.78, 5) is 11.7. The van der Waals surface area contributed by atoms with Crippen LogP contribution in [0.15, 0.2) is 58.1 Å². The van der Waals surface area contributed by atoms with E-state index in [0.29, 0.717) is 0 Å². The first-order valence-electron chi connectivity index (χ1n) is 6.63. The summed E-state index contributed by atoms with van der Waals surface area (Å²) in [5, 5.41) is 6.92. The Morgan fingerprint density at radius 2 is 1.86 bits per heavy atom. The minimum absolute atomic E-state index is 0.143. The molecule has 0 saturated heterocycles. The molecule has 0 aromatic heterocycles. The van der Waals surface area contributed by atoms with Crippen LogP contribution >= 0.6 is 15.9 Å². The van der Waals surface area contributed by atoms with Crippen molar-refractivity contribution in [1.29, 1.82) is 0 Å². The second-order valence-electron chi connectivity index (χ2n) is 4.43. The lowest BCUT2D eigenvalue weighted by atomic mass is 10.2. The van der Waals surface area contributed by atoms with E-state index in [1.165, 1.54) is 0 Å². The third-order valence-corrected chi connectivity index (χ3v) is 3.34. The van der Waals surface area contributed by atoms with Gasteiger partial charge in [-0.2, -0.15) is 5.10 Å². The van der Waals surface area contributed by atoms with Gasteiger partial charge in [-0.3, -0.25) is 4.79 Å². The molecule has 0 heterocycles. The maximum absolute atomic E-state index is 11.7. The highest BCUT2D eigenvalue weighted by molar-refractivity contribution is 9.10. The molecular formula is C16H16BrN3O2. The van der Waals surface area contributed by atoms with Gasteiger partial charge in [-0.1, -0.05) is 28.1 Å². The van der Waals surface area contributed by atoms with E-state index < -0.39 is 0 Å². The van der Waals surface area contributed by atoms with E-state index in [4.69, 9.17) is 4.74 Å². The molecule has 0 fully saturated rings. The molecular weight excluding hydrogens is 346 g/mol. The average molecular weight is 362 g/mol. The number of hydrogen-bond donors (Lipinski definition) is 2. The zero-order valence-corrected chi connectivity index (χ0v) is 13.6. The molecule has 6 heteroatoms. The second kappa shape index (κ2) is 8.19. The topological polar surface area (TPSA) is 62.7 Å². The van der Waals surface area contributed by atoms with Crippen LogP contribution in [-0.2, 0) is 4.79 Å². The Kier molecular flexibility index (Phi) is 5.97. The van der Waals surface area contributed by atoms with Crippen LogP contribution < -0.4 is 15.5 Å². The molecule has 0 bridgehead atoms. The average Bonchev–Trinajstić information content (AvgIpc) is 2.55. The number of amides is 1. The SMILES string of the molecule is COc1ccc(NCC(=O)N/N=C\c2ccc(Br)cc2)cc1. The molecule has 0 spiro atoms. The van der Waals surface area contributed by atoms with Crippen molar-refractivity contribution in [2.75, 3.05) is 19.0 Å². The fourth-order valence-electron chi connectivity index (χ4n) is 1.66. The van der Waals surface area contributed by atoms with Crippen LogP contribution in [0.3, 0.4) is 0 Å². The summed E-state index contributed by atoms with van der Waals surface area (Å²) in [5.74, 6) is 0.554. The lowest BCUT2D eigenvalue weighted by Crippen LogP contribution is -2.25. The highest BCUT2D eigenvalue weighted by Gasteiger charge is 1.99. The van der Waals surface area contributed by atoms with Crippen LogP contribution in [0.4, 0.5) is 5.69 Å². The van der Waals surface area contributed by atoms with E-state index in [9.17, 15) is 4.79 Å². The van der Waals surface area contributed by atoms with Crippen molar-refractivity contribution in [3.8, 4) is 5.75 Å². The predicted octanol–water partition coefficient (Wildman–Crippen LogP) is 3.02. The van der Waals surface area contributed by atoms with Crippen LogP contribution in [-0.4, -0.2) is 25.8 Å². The van der Waals surface area contributed by atoms with Gasteiger partial charge in [-0.15, -0.1) is 0 Å². The predicted molar refractivity (Wildman–Crippen MR) is 91.4 cm³/mol. The number of nitrogens with zero attached hydrogens (tertiary/aromatic N) is 1. The van der Waals surface area contributed by atoms with E-state index >= 15 is 0 Å². The smallest absolute Gasteiger partial charge is 0.259 e. The molecule has 5 nitrogen and oxygen atoms in total. The fraction of sp³-hybridized carbons (Fsp3) is 0.125. The summed E-state index contributed by atoms with van der Waals surface area (Å²) in [6, 6.07) is 15.0. The minimum Gasteiger partial charge on any atom is -0.497 e. The third kappa shape index (κ3) is 5.21. The molecule has 0 unspecified atom stereocenters. The Bertz CT molecular complexity index is 639.